The van der Waals surface area contributed by atoms with E-state index in [1.54, 1.807) is 7.11 Å². The van der Waals surface area contributed by atoms with E-state index in [1.807, 2.05) is 6.07 Å². The van der Waals surface area contributed by atoms with Crippen molar-refractivity contribution in [1.82, 2.24) is 10.2 Å². The fourth-order valence-electron chi connectivity index (χ4n) is 3.58. The van der Waals surface area contributed by atoms with Gasteiger partial charge >= 0.3 is 0 Å². The third kappa shape index (κ3) is 2.93. The minimum absolute atomic E-state index is 0.727. The second-order valence-electron chi connectivity index (χ2n) is 6.03. The van der Waals surface area contributed by atoms with Crippen molar-refractivity contribution < 1.29 is 4.74 Å². The number of nitrogens with one attached hydrogen (secondary N) is 1. The molecule has 3 heteroatoms. The van der Waals surface area contributed by atoms with E-state index in [9.17, 15) is 0 Å². The highest BCUT2D eigenvalue weighted by atomic mass is 16.5. The molecule has 2 fully saturated rings. The lowest BCUT2D eigenvalue weighted by Gasteiger charge is -2.35. The first-order chi connectivity index (χ1) is 9.24. The van der Waals surface area contributed by atoms with E-state index in [0.29, 0.717) is 0 Å². The number of benzene rings is 1. The lowest BCUT2D eigenvalue weighted by Crippen LogP contribution is -2.46. The van der Waals surface area contributed by atoms with Crippen LogP contribution < -0.4 is 10.1 Å². The van der Waals surface area contributed by atoms with Crippen molar-refractivity contribution in [3.8, 4) is 5.75 Å². The third-order valence-electron chi connectivity index (χ3n) is 4.64. The predicted molar refractivity (Wildman–Crippen MR) is 77.4 cm³/mol. The topological polar surface area (TPSA) is 24.5 Å². The van der Waals surface area contributed by atoms with Gasteiger partial charge in [0.2, 0.25) is 0 Å². The Kier molecular flexibility index (Phi) is 3.76. The summed E-state index contributed by atoms with van der Waals surface area (Å²) < 4.78 is 5.30. The summed E-state index contributed by atoms with van der Waals surface area (Å²) in [5.74, 6) is 0.955. The molecule has 2 aliphatic heterocycles. The van der Waals surface area contributed by atoms with Gasteiger partial charge in [-0.3, -0.25) is 4.90 Å². The number of methoxy groups -OCH3 is 1. The molecule has 0 radical (unpaired) electrons. The Morgan fingerprint density at radius 3 is 2.68 bits per heavy atom. The third-order valence-corrected chi connectivity index (χ3v) is 4.64. The molecule has 0 spiro atoms. The van der Waals surface area contributed by atoms with Gasteiger partial charge in [-0.25, -0.2) is 0 Å². The van der Waals surface area contributed by atoms with E-state index in [2.05, 4.69) is 35.5 Å². The first-order valence-corrected chi connectivity index (χ1v) is 7.34. The van der Waals surface area contributed by atoms with E-state index < -0.39 is 0 Å². The molecule has 2 unspecified atom stereocenters. The van der Waals surface area contributed by atoms with Crippen molar-refractivity contribution in [1.29, 1.82) is 0 Å². The van der Waals surface area contributed by atoms with Gasteiger partial charge in [0, 0.05) is 24.7 Å². The molecule has 2 bridgehead atoms. The van der Waals surface area contributed by atoms with E-state index in [-0.39, 0.29) is 0 Å². The molecular formula is C16H24N2O. The number of fused-ring (bicyclic) bond motifs is 2. The second-order valence-corrected chi connectivity index (χ2v) is 6.03. The van der Waals surface area contributed by atoms with Gasteiger partial charge in [0.1, 0.15) is 5.75 Å². The van der Waals surface area contributed by atoms with Gasteiger partial charge in [0.25, 0.3) is 0 Å². The van der Waals surface area contributed by atoms with Crippen molar-refractivity contribution in [3.63, 3.8) is 0 Å². The Hall–Kier alpha value is -1.06. The second kappa shape index (κ2) is 5.51. The highest BCUT2D eigenvalue weighted by molar-refractivity contribution is 5.28. The molecule has 2 aliphatic rings. The fourth-order valence-corrected chi connectivity index (χ4v) is 3.58. The Labute approximate surface area is 115 Å². The highest BCUT2D eigenvalue weighted by Crippen LogP contribution is 2.30. The Balaban J connectivity index is 1.62. The van der Waals surface area contributed by atoms with Crippen LogP contribution in [0, 0.1) is 0 Å². The summed E-state index contributed by atoms with van der Waals surface area (Å²) in [4.78, 5) is 2.51. The molecule has 1 aromatic carbocycles. The summed E-state index contributed by atoms with van der Waals surface area (Å²) in [5, 5.41) is 3.71. The van der Waals surface area contributed by atoms with E-state index in [0.717, 1.165) is 30.4 Å². The van der Waals surface area contributed by atoms with Crippen molar-refractivity contribution in [2.75, 3.05) is 14.2 Å². The molecule has 0 aliphatic carbocycles. The van der Waals surface area contributed by atoms with Crippen molar-refractivity contribution in [2.24, 2.45) is 0 Å². The van der Waals surface area contributed by atoms with E-state index in [4.69, 9.17) is 4.74 Å². The summed E-state index contributed by atoms with van der Waals surface area (Å²) >= 11 is 0. The molecular weight excluding hydrogens is 236 g/mol. The molecule has 2 atom stereocenters. The summed E-state index contributed by atoms with van der Waals surface area (Å²) in [7, 11) is 3.99. The van der Waals surface area contributed by atoms with E-state index in [1.165, 1.54) is 31.2 Å². The SMILES string of the molecule is COc1cccc(CN(C)C2CC3CCC(C2)N3)c1. The standard InChI is InChI=1S/C16H24N2O/c1-18(11-12-4-3-5-16(8-12)19-2)15-9-13-6-7-14(10-15)17-13/h3-5,8,13-15,17H,6-7,9-11H2,1-2H3. The summed E-state index contributed by atoms with van der Waals surface area (Å²) in [6.45, 7) is 1.02. The fraction of sp³-hybridized carbons (Fsp3) is 0.625. The number of piperidine rings is 1. The largest absolute Gasteiger partial charge is 0.497 e. The van der Waals surface area contributed by atoms with Gasteiger partial charge in [0.15, 0.2) is 0 Å². The van der Waals surface area contributed by atoms with Gasteiger partial charge in [0.05, 0.1) is 7.11 Å². The maximum Gasteiger partial charge on any atom is 0.119 e. The van der Waals surface area contributed by atoms with Crippen LogP contribution in [0.3, 0.4) is 0 Å². The van der Waals surface area contributed by atoms with Crippen molar-refractivity contribution in [2.45, 2.75) is 50.4 Å². The molecule has 0 aromatic heterocycles. The monoisotopic (exact) mass is 260 g/mol. The average molecular weight is 260 g/mol. The van der Waals surface area contributed by atoms with Crippen LogP contribution in [0.15, 0.2) is 24.3 Å². The zero-order chi connectivity index (χ0) is 13.2. The van der Waals surface area contributed by atoms with Crippen molar-refractivity contribution >= 4 is 0 Å². The maximum absolute atomic E-state index is 5.30. The van der Waals surface area contributed by atoms with Gasteiger partial charge < -0.3 is 10.1 Å². The van der Waals surface area contributed by atoms with E-state index >= 15 is 0 Å². The van der Waals surface area contributed by atoms with Crippen LogP contribution in [0.2, 0.25) is 0 Å². The summed E-state index contributed by atoms with van der Waals surface area (Å²) in [6, 6.07) is 10.7. The van der Waals surface area contributed by atoms with Crippen LogP contribution >= 0.6 is 0 Å². The van der Waals surface area contributed by atoms with Crippen LogP contribution in [-0.4, -0.2) is 37.2 Å². The molecule has 0 amide bonds. The lowest BCUT2D eigenvalue weighted by molar-refractivity contribution is 0.166. The first-order valence-electron chi connectivity index (χ1n) is 7.34. The normalized spacial score (nSPS) is 29.7. The minimum Gasteiger partial charge on any atom is -0.497 e. The molecule has 104 valence electrons. The molecule has 3 nitrogen and oxygen atoms in total. The molecule has 2 heterocycles. The van der Waals surface area contributed by atoms with Gasteiger partial charge in [-0.05, 0) is 50.4 Å². The molecule has 2 saturated heterocycles. The van der Waals surface area contributed by atoms with Crippen molar-refractivity contribution in [3.05, 3.63) is 29.8 Å². The molecule has 1 aromatic rings. The first kappa shape index (κ1) is 12.9. The number of hydrogen-bond donors (Lipinski definition) is 1. The van der Waals surface area contributed by atoms with Crippen LogP contribution in [0.25, 0.3) is 0 Å². The number of ether oxygens (including phenoxy) is 1. The van der Waals surface area contributed by atoms with Gasteiger partial charge in [-0.2, -0.15) is 0 Å². The average Bonchev–Trinajstić information content (AvgIpc) is 2.77. The van der Waals surface area contributed by atoms with Gasteiger partial charge in [-0.1, -0.05) is 12.1 Å². The maximum atomic E-state index is 5.30. The van der Waals surface area contributed by atoms with Gasteiger partial charge in [-0.15, -0.1) is 0 Å². The minimum atomic E-state index is 0.727. The van der Waals surface area contributed by atoms with Crippen LogP contribution in [0.4, 0.5) is 0 Å². The zero-order valence-electron chi connectivity index (χ0n) is 11.9. The lowest BCUT2D eigenvalue weighted by atomic mass is 9.98. The van der Waals surface area contributed by atoms with Crippen LogP contribution in [0.1, 0.15) is 31.2 Å². The number of nitrogens with zero attached hydrogens (tertiary/aromatic N) is 1. The highest BCUT2D eigenvalue weighted by Gasteiger charge is 2.34. The quantitative estimate of drug-likeness (QED) is 0.900. The summed E-state index contributed by atoms with van der Waals surface area (Å²) in [5.41, 5.74) is 1.34. The number of hydrogen-bond acceptors (Lipinski definition) is 3. The predicted octanol–water partition coefficient (Wildman–Crippen LogP) is 2.41. The molecule has 0 saturated carbocycles. The zero-order valence-corrected chi connectivity index (χ0v) is 11.9. The molecule has 3 rings (SSSR count). The van der Waals surface area contributed by atoms with Crippen LogP contribution in [0.5, 0.6) is 5.75 Å². The molecule has 1 N–H and O–H groups in total. The van der Waals surface area contributed by atoms with Crippen LogP contribution in [-0.2, 0) is 6.54 Å². The molecule has 19 heavy (non-hydrogen) atoms. The summed E-state index contributed by atoms with van der Waals surface area (Å²) in [6.07, 6.45) is 5.34. The number of rotatable bonds is 4. The smallest absolute Gasteiger partial charge is 0.119 e. The Morgan fingerprint density at radius 1 is 1.26 bits per heavy atom. The Morgan fingerprint density at radius 2 is 2.00 bits per heavy atom. The Bertz CT molecular complexity index is 423.